The largest absolute Gasteiger partial charge is 0.369 e. The van der Waals surface area contributed by atoms with Gasteiger partial charge in [0.25, 0.3) is 0 Å². The smallest absolute Gasteiger partial charge is 0.232 e. The molecule has 1 rings (SSSR count). The van der Waals surface area contributed by atoms with Crippen molar-refractivity contribution < 1.29 is 9.59 Å². The first-order valence-corrected chi connectivity index (χ1v) is 6.12. The number of amides is 2. The van der Waals surface area contributed by atoms with Crippen LogP contribution in [0.2, 0.25) is 0 Å². The third kappa shape index (κ3) is 5.58. The molecule has 0 aromatic carbocycles. The first-order valence-electron chi connectivity index (χ1n) is 4.97. The number of halogens is 1. The van der Waals surface area contributed by atoms with E-state index in [1.807, 2.05) is 4.90 Å². The molecule has 1 fully saturated rings. The molecule has 0 radical (unpaired) electrons. The summed E-state index contributed by atoms with van der Waals surface area (Å²) in [5, 5.41) is 3.27. The van der Waals surface area contributed by atoms with Gasteiger partial charge in [0.1, 0.15) is 0 Å². The van der Waals surface area contributed by atoms with Crippen molar-refractivity contribution in [2.45, 2.75) is 13.0 Å². The molecule has 1 aliphatic heterocycles. The fourth-order valence-corrected chi connectivity index (χ4v) is 2.15. The maximum Gasteiger partial charge on any atom is 0.232 e. The summed E-state index contributed by atoms with van der Waals surface area (Å²) in [7, 11) is 0. The number of piperazine rings is 1. The van der Waals surface area contributed by atoms with E-state index in [1.54, 1.807) is 0 Å². The Morgan fingerprint density at radius 1 is 1.50 bits per heavy atom. The molecule has 1 heterocycles. The molecular weight excluding hydrogens is 250 g/mol. The second-order valence-electron chi connectivity index (χ2n) is 3.65. The Bertz CT molecular complexity index is 253. The molecular formula is C9H18ClN3O2S. The van der Waals surface area contributed by atoms with Gasteiger partial charge in [-0.1, -0.05) is 0 Å². The molecule has 16 heavy (non-hydrogen) atoms. The SMILES string of the molecule is C[C@@H]1CN(C(=O)CSCC(N)=O)CCN1.Cl. The number of hydrogen-bond acceptors (Lipinski definition) is 4. The molecule has 0 aromatic heterocycles. The number of hydrogen-bond donors (Lipinski definition) is 2. The summed E-state index contributed by atoms with van der Waals surface area (Å²) in [6, 6.07) is 0.351. The van der Waals surface area contributed by atoms with Crippen LogP contribution in [0.5, 0.6) is 0 Å². The van der Waals surface area contributed by atoms with Crippen LogP contribution in [-0.4, -0.2) is 53.9 Å². The Balaban J connectivity index is 0.00000225. The summed E-state index contributed by atoms with van der Waals surface area (Å²) in [4.78, 5) is 24.0. The van der Waals surface area contributed by atoms with Gasteiger partial charge in [-0.05, 0) is 6.92 Å². The van der Waals surface area contributed by atoms with Crippen LogP contribution in [0.15, 0.2) is 0 Å². The van der Waals surface area contributed by atoms with Crippen molar-refractivity contribution in [2.24, 2.45) is 5.73 Å². The lowest BCUT2D eigenvalue weighted by atomic mass is 10.2. The van der Waals surface area contributed by atoms with E-state index in [1.165, 1.54) is 11.8 Å². The lowest BCUT2D eigenvalue weighted by Crippen LogP contribution is -2.51. The second-order valence-corrected chi connectivity index (χ2v) is 4.64. The van der Waals surface area contributed by atoms with Gasteiger partial charge < -0.3 is 16.0 Å². The third-order valence-electron chi connectivity index (χ3n) is 2.19. The zero-order valence-electron chi connectivity index (χ0n) is 9.27. The van der Waals surface area contributed by atoms with Gasteiger partial charge in [0.15, 0.2) is 0 Å². The molecule has 0 aromatic rings. The van der Waals surface area contributed by atoms with Crippen LogP contribution >= 0.6 is 24.2 Å². The molecule has 0 saturated carbocycles. The second kappa shape index (κ2) is 7.76. The lowest BCUT2D eigenvalue weighted by molar-refractivity contribution is -0.129. The number of thioether (sulfide) groups is 1. The molecule has 0 aliphatic carbocycles. The summed E-state index contributed by atoms with van der Waals surface area (Å²) in [6.07, 6.45) is 0. The minimum atomic E-state index is -0.374. The van der Waals surface area contributed by atoms with E-state index in [9.17, 15) is 9.59 Å². The first-order chi connectivity index (χ1) is 7.09. The molecule has 0 unspecified atom stereocenters. The minimum absolute atomic E-state index is 0. The Morgan fingerprint density at radius 2 is 2.19 bits per heavy atom. The Kier molecular flexibility index (Phi) is 7.53. The van der Waals surface area contributed by atoms with Crippen molar-refractivity contribution in [2.75, 3.05) is 31.1 Å². The zero-order valence-corrected chi connectivity index (χ0v) is 10.9. The van der Waals surface area contributed by atoms with Crippen molar-refractivity contribution in [1.82, 2.24) is 10.2 Å². The van der Waals surface area contributed by atoms with Crippen molar-refractivity contribution in [3.63, 3.8) is 0 Å². The number of carbonyl (C=O) groups excluding carboxylic acids is 2. The van der Waals surface area contributed by atoms with Crippen LogP contribution in [0.4, 0.5) is 0 Å². The summed E-state index contributed by atoms with van der Waals surface area (Å²) < 4.78 is 0. The summed E-state index contributed by atoms with van der Waals surface area (Å²) in [5.41, 5.74) is 4.98. The fourth-order valence-electron chi connectivity index (χ4n) is 1.49. The molecule has 1 saturated heterocycles. The van der Waals surface area contributed by atoms with E-state index >= 15 is 0 Å². The van der Waals surface area contributed by atoms with Crippen LogP contribution < -0.4 is 11.1 Å². The van der Waals surface area contributed by atoms with Crippen molar-refractivity contribution in [1.29, 1.82) is 0 Å². The number of nitrogens with two attached hydrogens (primary N) is 1. The summed E-state index contributed by atoms with van der Waals surface area (Å²) in [6.45, 7) is 4.39. The van der Waals surface area contributed by atoms with E-state index in [-0.39, 0.29) is 30.0 Å². The maximum atomic E-state index is 11.7. The Morgan fingerprint density at radius 3 is 2.75 bits per heavy atom. The van der Waals surface area contributed by atoms with Crippen LogP contribution in [-0.2, 0) is 9.59 Å². The van der Waals surface area contributed by atoms with Gasteiger partial charge in [-0.15, -0.1) is 24.2 Å². The standard InChI is InChI=1S/C9H17N3O2S.ClH/c1-7-4-12(3-2-11-7)9(14)6-15-5-8(10)13;/h7,11H,2-6H2,1H3,(H2,10,13);1H/t7-;/m1./s1. The maximum absolute atomic E-state index is 11.7. The average molecular weight is 268 g/mol. The minimum Gasteiger partial charge on any atom is -0.369 e. The zero-order chi connectivity index (χ0) is 11.3. The summed E-state index contributed by atoms with van der Waals surface area (Å²) in [5.74, 6) is 0.277. The molecule has 0 bridgehead atoms. The van der Waals surface area contributed by atoms with E-state index in [0.29, 0.717) is 11.8 Å². The van der Waals surface area contributed by atoms with Crippen LogP contribution in [0, 0.1) is 0 Å². The molecule has 2 amide bonds. The van der Waals surface area contributed by atoms with Crippen molar-refractivity contribution in [3.05, 3.63) is 0 Å². The predicted molar refractivity (Wildman–Crippen MR) is 67.8 cm³/mol. The van der Waals surface area contributed by atoms with E-state index in [0.717, 1.165) is 19.6 Å². The molecule has 5 nitrogen and oxygen atoms in total. The Hall–Kier alpha value is -0.460. The molecule has 1 aliphatic rings. The molecule has 3 N–H and O–H groups in total. The van der Waals surface area contributed by atoms with Gasteiger partial charge in [0, 0.05) is 25.7 Å². The van der Waals surface area contributed by atoms with Gasteiger partial charge in [-0.2, -0.15) is 0 Å². The van der Waals surface area contributed by atoms with E-state index in [2.05, 4.69) is 12.2 Å². The highest BCUT2D eigenvalue weighted by Gasteiger charge is 2.19. The van der Waals surface area contributed by atoms with Gasteiger partial charge in [0.2, 0.25) is 11.8 Å². The van der Waals surface area contributed by atoms with Gasteiger partial charge in [-0.3, -0.25) is 9.59 Å². The first kappa shape index (κ1) is 15.5. The normalized spacial score (nSPS) is 20.1. The number of primary amides is 1. The van der Waals surface area contributed by atoms with Gasteiger partial charge >= 0.3 is 0 Å². The van der Waals surface area contributed by atoms with Crippen molar-refractivity contribution in [3.8, 4) is 0 Å². The number of rotatable bonds is 4. The number of nitrogens with one attached hydrogen (secondary N) is 1. The quantitative estimate of drug-likeness (QED) is 0.717. The molecule has 7 heteroatoms. The molecule has 94 valence electrons. The van der Waals surface area contributed by atoms with E-state index < -0.39 is 0 Å². The predicted octanol–water partition coefficient (Wildman–Crippen LogP) is -0.553. The highest BCUT2D eigenvalue weighted by Crippen LogP contribution is 2.05. The average Bonchev–Trinajstić information content (AvgIpc) is 2.17. The van der Waals surface area contributed by atoms with Gasteiger partial charge in [0.05, 0.1) is 11.5 Å². The third-order valence-corrected chi connectivity index (χ3v) is 3.13. The highest BCUT2D eigenvalue weighted by atomic mass is 35.5. The summed E-state index contributed by atoms with van der Waals surface area (Å²) >= 11 is 1.28. The van der Waals surface area contributed by atoms with E-state index in [4.69, 9.17) is 5.73 Å². The topological polar surface area (TPSA) is 75.4 Å². The van der Waals surface area contributed by atoms with Gasteiger partial charge in [-0.25, -0.2) is 0 Å². The lowest BCUT2D eigenvalue weighted by Gasteiger charge is -2.31. The van der Waals surface area contributed by atoms with Crippen molar-refractivity contribution >= 4 is 36.0 Å². The highest BCUT2D eigenvalue weighted by molar-refractivity contribution is 8.00. The van der Waals surface area contributed by atoms with Crippen LogP contribution in [0.1, 0.15) is 6.92 Å². The number of nitrogens with zero attached hydrogens (tertiary/aromatic N) is 1. The number of carbonyl (C=O) groups is 2. The molecule has 0 spiro atoms. The molecule has 1 atom stereocenters. The van der Waals surface area contributed by atoms with Crippen LogP contribution in [0.25, 0.3) is 0 Å². The Labute approximate surface area is 106 Å². The monoisotopic (exact) mass is 267 g/mol. The fraction of sp³-hybridized carbons (Fsp3) is 0.778. The van der Waals surface area contributed by atoms with Crippen LogP contribution in [0.3, 0.4) is 0 Å².